The van der Waals surface area contributed by atoms with Crippen LogP contribution in [0.3, 0.4) is 0 Å². The summed E-state index contributed by atoms with van der Waals surface area (Å²) in [4.78, 5) is 23.6. The Labute approximate surface area is 180 Å². The Hall–Kier alpha value is -3.88. The zero-order valence-electron chi connectivity index (χ0n) is 18.0. The minimum Gasteiger partial charge on any atom is -0.496 e. The number of benzene rings is 2. The van der Waals surface area contributed by atoms with Crippen molar-refractivity contribution in [3.05, 3.63) is 42.0 Å². The molecule has 0 aliphatic heterocycles. The maximum absolute atomic E-state index is 12.5. The average Bonchev–Trinajstić information content (AvgIpc) is 2.77. The van der Waals surface area contributed by atoms with Crippen molar-refractivity contribution in [3.63, 3.8) is 0 Å². The summed E-state index contributed by atoms with van der Waals surface area (Å²) in [5.74, 6) is 0.570. The fraction of sp³-hybridized carbons (Fsp3) is 0.273. The van der Waals surface area contributed by atoms with Crippen LogP contribution in [0.25, 0.3) is 6.08 Å². The molecule has 1 amide bonds. The molecule has 2 aromatic carbocycles. The van der Waals surface area contributed by atoms with Crippen molar-refractivity contribution in [2.45, 2.75) is 13.0 Å². The normalized spacial score (nSPS) is 11.5. The Morgan fingerprint density at radius 3 is 2.06 bits per heavy atom. The molecule has 0 saturated heterocycles. The number of anilines is 2. The number of carboxylic acid groups (broad SMARTS) is 1. The number of aliphatic carboxylic acids is 1. The lowest BCUT2D eigenvalue weighted by atomic mass is 10.1. The van der Waals surface area contributed by atoms with Crippen molar-refractivity contribution in [1.82, 2.24) is 0 Å². The van der Waals surface area contributed by atoms with Crippen LogP contribution in [0.4, 0.5) is 11.4 Å². The van der Waals surface area contributed by atoms with Crippen LogP contribution >= 0.6 is 0 Å². The van der Waals surface area contributed by atoms with Crippen LogP contribution in [-0.2, 0) is 9.59 Å². The number of carboxylic acids is 1. The molecule has 0 aromatic heterocycles. The highest BCUT2D eigenvalue weighted by atomic mass is 16.5. The third-order valence-electron chi connectivity index (χ3n) is 4.36. The first-order chi connectivity index (χ1) is 14.8. The molecular weight excluding hydrogens is 404 g/mol. The minimum atomic E-state index is -1.01. The summed E-state index contributed by atoms with van der Waals surface area (Å²) in [7, 11) is 6.03. The molecule has 0 bridgehead atoms. The van der Waals surface area contributed by atoms with Crippen LogP contribution in [0.15, 0.2) is 36.4 Å². The zero-order chi connectivity index (χ0) is 23.0. The van der Waals surface area contributed by atoms with Crippen molar-refractivity contribution in [3.8, 4) is 23.0 Å². The van der Waals surface area contributed by atoms with Gasteiger partial charge in [-0.25, -0.2) is 0 Å². The molecule has 9 nitrogen and oxygen atoms in total. The highest BCUT2D eigenvalue weighted by Gasteiger charge is 2.14. The second-order valence-electron chi connectivity index (χ2n) is 6.39. The van der Waals surface area contributed by atoms with Crippen molar-refractivity contribution < 1.29 is 33.6 Å². The number of methoxy groups -OCH3 is 4. The van der Waals surface area contributed by atoms with Gasteiger partial charge in [-0.05, 0) is 31.2 Å². The molecule has 1 atom stereocenters. The average molecular weight is 430 g/mol. The van der Waals surface area contributed by atoms with Gasteiger partial charge in [0.15, 0.2) is 0 Å². The molecular formula is C22H26N2O7. The molecule has 3 N–H and O–H groups in total. The van der Waals surface area contributed by atoms with Crippen molar-refractivity contribution in [2.75, 3.05) is 39.1 Å². The van der Waals surface area contributed by atoms with Crippen LogP contribution in [0.1, 0.15) is 12.5 Å². The number of carbonyl (C=O) groups is 2. The minimum absolute atomic E-state index is 0.401. The van der Waals surface area contributed by atoms with Crippen LogP contribution in [0, 0.1) is 0 Å². The van der Waals surface area contributed by atoms with E-state index >= 15 is 0 Å². The van der Waals surface area contributed by atoms with Gasteiger partial charge in [0.05, 0.1) is 39.7 Å². The molecule has 1 unspecified atom stereocenters. The quantitative estimate of drug-likeness (QED) is 0.492. The van der Waals surface area contributed by atoms with Gasteiger partial charge in [0.25, 0.3) is 0 Å². The van der Waals surface area contributed by atoms with Gasteiger partial charge in [0.1, 0.15) is 29.0 Å². The van der Waals surface area contributed by atoms with Crippen molar-refractivity contribution in [1.29, 1.82) is 0 Å². The Balaban J connectivity index is 2.23. The highest BCUT2D eigenvalue weighted by Crippen LogP contribution is 2.35. The number of ether oxygens (including phenoxy) is 4. The standard InChI is InChI=1S/C22H26N2O7/c1-13(22(26)27)23-17-10-14(6-8-18(17)29-3)24-21(25)9-7-16-19(30-4)11-15(28-2)12-20(16)31-5/h6-13,23H,1-5H3,(H,24,25)(H,26,27). The van der Waals surface area contributed by atoms with Crippen LogP contribution in [0.5, 0.6) is 23.0 Å². The third-order valence-corrected chi connectivity index (χ3v) is 4.36. The fourth-order valence-electron chi connectivity index (χ4n) is 2.73. The fourth-order valence-corrected chi connectivity index (χ4v) is 2.73. The van der Waals surface area contributed by atoms with Crippen LogP contribution in [0.2, 0.25) is 0 Å². The second-order valence-corrected chi connectivity index (χ2v) is 6.39. The van der Waals surface area contributed by atoms with Crippen molar-refractivity contribution >= 4 is 29.3 Å². The van der Waals surface area contributed by atoms with Crippen LogP contribution < -0.4 is 29.6 Å². The molecule has 0 saturated carbocycles. The zero-order valence-corrected chi connectivity index (χ0v) is 18.0. The molecule has 2 rings (SSSR count). The second kappa shape index (κ2) is 10.8. The summed E-state index contributed by atoms with van der Waals surface area (Å²) in [6.45, 7) is 1.51. The highest BCUT2D eigenvalue weighted by molar-refractivity contribution is 6.02. The van der Waals surface area contributed by atoms with E-state index in [-0.39, 0.29) is 0 Å². The number of amides is 1. The van der Waals surface area contributed by atoms with Crippen LogP contribution in [-0.4, -0.2) is 51.5 Å². The van der Waals surface area contributed by atoms with Gasteiger partial charge < -0.3 is 34.7 Å². The molecule has 9 heteroatoms. The first-order valence-electron chi connectivity index (χ1n) is 9.29. The number of hydrogen-bond acceptors (Lipinski definition) is 7. The van der Waals surface area contributed by atoms with Gasteiger partial charge >= 0.3 is 5.97 Å². The van der Waals surface area contributed by atoms with Gasteiger partial charge in [0, 0.05) is 23.9 Å². The van der Waals surface area contributed by atoms with E-state index in [0.717, 1.165) is 0 Å². The molecule has 2 aromatic rings. The number of hydrogen-bond donors (Lipinski definition) is 3. The summed E-state index contributed by atoms with van der Waals surface area (Å²) in [6, 6.07) is 7.41. The van der Waals surface area contributed by atoms with Gasteiger partial charge in [0.2, 0.25) is 5.91 Å². The van der Waals surface area contributed by atoms with E-state index in [4.69, 9.17) is 24.1 Å². The Kier molecular flexibility index (Phi) is 8.13. The molecule has 0 heterocycles. The Bertz CT molecular complexity index is 947. The Morgan fingerprint density at radius 1 is 0.935 bits per heavy atom. The summed E-state index contributed by atoms with van der Waals surface area (Å²) in [6.07, 6.45) is 2.91. The largest absolute Gasteiger partial charge is 0.496 e. The number of rotatable bonds is 10. The SMILES string of the molecule is COc1cc(OC)c(C=CC(=O)Nc2ccc(OC)c(NC(C)C(=O)O)c2)c(OC)c1. The number of carbonyl (C=O) groups excluding carboxylic acids is 1. The number of nitrogens with one attached hydrogen (secondary N) is 2. The first kappa shape index (κ1) is 23.4. The van der Waals surface area contributed by atoms with E-state index in [1.807, 2.05) is 0 Å². The molecule has 0 radical (unpaired) electrons. The first-order valence-corrected chi connectivity index (χ1v) is 9.29. The molecule has 0 spiro atoms. The molecule has 0 aliphatic rings. The lowest BCUT2D eigenvalue weighted by Gasteiger charge is -2.15. The summed E-state index contributed by atoms with van der Waals surface area (Å²) in [5, 5.41) is 14.7. The summed E-state index contributed by atoms with van der Waals surface area (Å²) in [5.41, 5.74) is 1.48. The summed E-state index contributed by atoms with van der Waals surface area (Å²) < 4.78 is 21.2. The monoisotopic (exact) mass is 430 g/mol. The van der Waals surface area contributed by atoms with Crippen molar-refractivity contribution in [2.24, 2.45) is 0 Å². The smallest absolute Gasteiger partial charge is 0.325 e. The lowest BCUT2D eigenvalue weighted by Crippen LogP contribution is -2.25. The van der Waals surface area contributed by atoms with E-state index in [0.29, 0.717) is 39.9 Å². The predicted molar refractivity (Wildman–Crippen MR) is 117 cm³/mol. The molecule has 0 aliphatic carbocycles. The van der Waals surface area contributed by atoms with Gasteiger partial charge in [-0.1, -0.05) is 0 Å². The van der Waals surface area contributed by atoms with E-state index in [2.05, 4.69) is 10.6 Å². The van der Waals surface area contributed by atoms with E-state index in [1.165, 1.54) is 41.4 Å². The molecule has 0 fully saturated rings. The van der Waals surface area contributed by atoms with Gasteiger partial charge in [-0.3, -0.25) is 9.59 Å². The third kappa shape index (κ3) is 6.05. The maximum Gasteiger partial charge on any atom is 0.325 e. The van der Waals surface area contributed by atoms with E-state index in [1.54, 1.807) is 36.4 Å². The molecule has 31 heavy (non-hydrogen) atoms. The molecule has 166 valence electrons. The van der Waals surface area contributed by atoms with E-state index < -0.39 is 17.9 Å². The van der Waals surface area contributed by atoms with E-state index in [9.17, 15) is 9.59 Å². The topological polar surface area (TPSA) is 115 Å². The summed E-state index contributed by atoms with van der Waals surface area (Å²) >= 11 is 0. The Morgan fingerprint density at radius 2 is 1.55 bits per heavy atom. The predicted octanol–water partition coefficient (Wildman–Crippen LogP) is 3.26. The lowest BCUT2D eigenvalue weighted by molar-refractivity contribution is -0.137. The van der Waals surface area contributed by atoms with Gasteiger partial charge in [-0.2, -0.15) is 0 Å². The maximum atomic E-state index is 12.5. The van der Waals surface area contributed by atoms with Gasteiger partial charge in [-0.15, -0.1) is 0 Å².